The van der Waals surface area contributed by atoms with Crippen molar-refractivity contribution in [3.63, 3.8) is 0 Å². The Morgan fingerprint density at radius 2 is 2.17 bits per heavy atom. The third kappa shape index (κ3) is 2.54. The Bertz CT molecular complexity index is 407. The second-order valence-corrected chi connectivity index (χ2v) is 4.69. The predicted molar refractivity (Wildman–Crippen MR) is 68.2 cm³/mol. The number of ether oxygens (including phenoxy) is 2. The minimum absolute atomic E-state index is 0.209. The minimum Gasteiger partial charge on any atom is -0.468 e. The van der Waals surface area contributed by atoms with Crippen LogP contribution in [-0.4, -0.2) is 44.3 Å². The quantitative estimate of drug-likeness (QED) is 0.759. The number of nitrogens with zero attached hydrogens (tertiary/aromatic N) is 1. The first-order chi connectivity index (χ1) is 8.66. The number of morpholine rings is 1. The summed E-state index contributed by atoms with van der Waals surface area (Å²) in [5, 5.41) is 0. The zero-order valence-corrected chi connectivity index (χ0v) is 10.9. The number of esters is 1. The highest BCUT2D eigenvalue weighted by Crippen LogP contribution is 2.30. The third-order valence-electron chi connectivity index (χ3n) is 3.53. The SMILES string of the molecule is COC(=O)CN1CCOC[C@@]1(C)c1ccccc1. The molecule has 1 atom stereocenters. The van der Waals surface area contributed by atoms with E-state index in [2.05, 4.69) is 24.0 Å². The van der Waals surface area contributed by atoms with Crippen molar-refractivity contribution < 1.29 is 14.3 Å². The van der Waals surface area contributed by atoms with Gasteiger partial charge in [-0.2, -0.15) is 0 Å². The fraction of sp³-hybridized carbons (Fsp3) is 0.500. The van der Waals surface area contributed by atoms with Crippen LogP contribution in [0.3, 0.4) is 0 Å². The number of hydrogen-bond donors (Lipinski definition) is 0. The van der Waals surface area contributed by atoms with Gasteiger partial charge in [-0.15, -0.1) is 0 Å². The lowest BCUT2D eigenvalue weighted by molar-refractivity contribution is -0.147. The molecule has 0 spiro atoms. The smallest absolute Gasteiger partial charge is 0.319 e. The lowest BCUT2D eigenvalue weighted by atomic mass is 9.90. The molecule has 0 N–H and O–H groups in total. The summed E-state index contributed by atoms with van der Waals surface area (Å²) < 4.78 is 10.4. The summed E-state index contributed by atoms with van der Waals surface area (Å²) in [6.45, 7) is 4.38. The van der Waals surface area contributed by atoms with Gasteiger partial charge in [-0.1, -0.05) is 30.3 Å². The molecule has 1 aromatic carbocycles. The van der Waals surface area contributed by atoms with Crippen molar-refractivity contribution in [2.24, 2.45) is 0 Å². The van der Waals surface area contributed by atoms with E-state index in [4.69, 9.17) is 9.47 Å². The molecule has 0 unspecified atom stereocenters. The Morgan fingerprint density at radius 3 is 2.83 bits per heavy atom. The summed E-state index contributed by atoms with van der Waals surface area (Å²) >= 11 is 0. The average Bonchev–Trinajstić information content (AvgIpc) is 2.42. The summed E-state index contributed by atoms with van der Waals surface area (Å²) in [6, 6.07) is 10.1. The molecule has 2 rings (SSSR count). The Labute approximate surface area is 107 Å². The van der Waals surface area contributed by atoms with Gasteiger partial charge in [-0.3, -0.25) is 9.69 Å². The average molecular weight is 249 g/mol. The van der Waals surface area contributed by atoms with Crippen molar-refractivity contribution >= 4 is 5.97 Å². The van der Waals surface area contributed by atoms with Crippen LogP contribution in [0.2, 0.25) is 0 Å². The number of hydrogen-bond acceptors (Lipinski definition) is 4. The van der Waals surface area contributed by atoms with Crippen LogP contribution in [0.4, 0.5) is 0 Å². The van der Waals surface area contributed by atoms with Gasteiger partial charge in [0, 0.05) is 6.54 Å². The van der Waals surface area contributed by atoms with Gasteiger partial charge in [-0.25, -0.2) is 0 Å². The molecule has 0 amide bonds. The molecule has 18 heavy (non-hydrogen) atoms. The van der Waals surface area contributed by atoms with Crippen LogP contribution in [0.25, 0.3) is 0 Å². The zero-order valence-electron chi connectivity index (χ0n) is 10.9. The van der Waals surface area contributed by atoms with Crippen molar-refractivity contribution in [3.05, 3.63) is 35.9 Å². The van der Waals surface area contributed by atoms with Gasteiger partial charge >= 0.3 is 5.97 Å². The van der Waals surface area contributed by atoms with Gasteiger partial charge in [0.1, 0.15) is 0 Å². The van der Waals surface area contributed by atoms with Crippen LogP contribution < -0.4 is 0 Å². The second-order valence-electron chi connectivity index (χ2n) is 4.69. The number of methoxy groups -OCH3 is 1. The maximum absolute atomic E-state index is 11.5. The molecule has 4 nitrogen and oxygen atoms in total. The molecule has 1 heterocycles. The molecule has 1 aliphatic rings. The molecule has 98 valence electrons. The van der Waals surface area contributed by atoms with E-state index in [1.54, 1.807) is 0 Å². The normalized spacial score (nSPS) is 24.8. The van der Waals surface area contributed by atoms with E-state index in [0.717, 1.165) is 12.1 Å². The van der Waals surface area contributed by atoms with Gasteiger partial charge in [0.05, 0.1) is 32.4 Å². The summed E-state index contributed by atoms with van der Waals surface area (Å²) in [4.78, 5) is 13.6. The Hall–Kier alpha value is -1.39. The van der Waals surface area contributed by atoms with Crippen LogP contribution in [0, 0.1) is 0 Å². The van der Waals surface area contributed by atoms with Gasteiger partial charge < -0.3 is 9.47 Å². The molecule has 1 fully saturated rings. The summed E-state index contributed by atoms with van der Waals surface area (Å²) in [5.74, 6) is -0.209. The van der Waals surface area contributed by atoms with E-state index < -0.39 is 0 Å². The Morgan fingerprint density at radius 1 is 1.44 bits per heavy atom. The van der Waals surface area contributed by atoms with Crippen LogP contribution in [0.1, 0.15) is 12.5 Å². The van der Waals surface area contributed by atoms with E-state index in [1.807, 2.05) is 18.2 Å². The van der Waals surface area contributed by atoms with Crippen molar-refractivity contribution in [2.45, 2.75) is 12.5 Å². The van der Waals surface area contributed by atoms with Gasteiger partial charge in [-0.05, 0) is 12.5 Å². The Kier molecular flexibility index (Phi) is 3.99. The first-order valence-corrected chi connectivity index (χ1v) is 6.12. The molecular weight excluding hydrogens is 230 g/mol. The van der Waals surface area contributed by atoms with Gasteiger partial charge in [0.2, 0.25) is 0 Å². The molecule has 0 aliphatic carbocycles. The summed E-state index contributed by atoms with van der Waals surface area (Å²) in [5.41, 5.74) is 0.891. The van der Waals surface area contributed by atoms with Gasteiger partial charge in [0.25, 0.3) is 0 Å². The number of carbonyl (C=O) groups is 1. The largest absolute Gasteiger partial charge is 0.468 e. The predicted octanol–water partition coefficient (Wildman–Crippen LogP) is 1.41. The Balaban J connectivity index is 2.23. The van der Waals surface area contributed by atoms with E-state index in [1.165, 1.54) is 7.11 Å². The standard InChI is InChI=1S/C14H19NO3/c1-14(12-6-4-3-5-7-12)11-18-9-8-15(14)10-13(16)17-2/h3-7H,8-11H2,1-2H3/t14-/m0/s1. The highest BCUT2D eigenvalue weighted by atomic mass is 16.5. The number of carbonyl (C=O) groups excluding carboxylic acids is 1. The minimum atomic E-state index is -0.270. The molecule has 0 bridgehead atoms. The fourth-order valence-electron chi connectivity index (χ4n) is 2.32. The van der Waals surface area contributed by atoms with Crippen LogP contribution in [0.15, 0.2) is 30.3 Å². The van der Waals surface area contributed by atoms with Crippen LogP contribution in [0.5, 0.6) is 0 Å². The maximum Gasteiger partial charge on any atom is 0.319 e. The van der Waals surface area contributed by atoms with E-state index >= 15 is 0 Å². The maximum atomic E-state index is 11.5. The van der Waals surface area contributed by atoms with Crippen LogP contribution >= 0.6 is 0 Å². The molecule has 1 aromatic rings. The molecular formula is C14H19NO3. The monoisotopic (exact) mass is 249 g/mol. The second kappa shape index (κ2) is 5.50. The van der Waals surface area contributed by atoms with Crippen molar-refractivity contribution in [3.8, 4) is 0 Å². The van der Waals surface area contributed by atoms with E-state index in [9.17, 15) is 4.79 Å². The topological polar surface area (TPSA) is 38.8 Å². The lowest BCUT2D eigenvalue weighted by Crippen LogP contribution is -2.54. The lowest BCUT2D eigenvalue weighted by Gasteiger charge is -2.44. The number of benzene rings is 1. The molecule has 1 saturated heterocycles. The fourth-order valence-corrected chi connectivity index (χ4v) is 2.32. The molecule has 4 heteroatoms. The molecule has 0 saturated carbocycles. The number of rotatable bonds is 3. The van der Waals surface area contributed by atoms with Crippen molar-refractivity contribution in [1.82, 2.24) is 4.90 Å². The first kappa shape index (κ1) is 13.1. The molecule has 0 aromatic heterocycles. The van der Waals surface area contributed by atoms with Gasteiger partial charge in [0.15, 0.2) is 0 Å². The van der Waals surface area contributed by atoms with E-state index in [-0.39, 0.29) is 11.5 Å². The molecule has 1 aliphatic heterocycles. The molecule has 0 radical (unpaired) electrons. The zero-order chi connectivity index (χ0) is 13.0. The van der Waals surface area contributed by atoms with E-state index in [0.29, 0.717) is 19.8 Å². The van der Waals surface area contributed by atoms with Crippen molar-refractivity contribution in [1.29, 1.82) is 0 Å². The third-order valence-corrected chi connectivity index (χ3v) is 3.53. The van der Waals surface area contributed by atoms with Crippen LogP contribution in [-0.2, 0) is 19.8 Å². The highest BCUT2D eigenvalue weighted by molar-refractivity contribution is 5.71. The highest BCUT2D eigenvalue weighted by Gasteiger charge is 2.37. The first-order valence-electron chi connectivity index (χ1n) is 6.12. The van der Waals surface area contributed by atoms with Crippen molar-refractivity contribution in [2.75, 3.05) is 33.4 Å². The summed E-state index contributed by atoms with van der Waals surface area (Å²) in [7, 11) is 1.42. The summed E-state index contributed by atoms with van der Waals surface area (Å²) in [6.07, 6.45) is 0.